The van der Waals surface area contributed by atoms with Gasteiger partial charge in [-0.3, -0.25) is 4.79 Å². The Morgan fingerprint density at radius 3 is 2.70 bits per heavy atom. The highest BCUT2D eigenvalue weighted by molar-refractivity contribution is 5.85. The molecule has 2 aromatic rings. The maximum absolute atomic E-state index is 11.9. The quantitative estimate of drug-likeness (QED) is 0.793. The van der Waals surface area contributed by atoms with Gasteiger partial charge >= 0.3 is 5.97 Å². The molecule has 104 valence electrons. The average molecular weight is 274 g/mol. The molecular weight excluding hydrogens is 260 g/mol. The van der Waals surface area contributed by atoms with Gasteiger partial charge in [-0.25, -0.2) is 9.48 Å². The summed E-state index contributed by atoms with van der Waals surface area (Å²) in [6.45, 7) is -0.0136. The molecule has 0 fully saturated rings. The van der Waals surface area contributed by atoms with Gasteiger partial charge in [0.15, 0.2) is 6.04 Å². The summed E-state index contributed by atoms with van der Waals surface area (Å²) in [5.74, 6) is -0.877. The van der Waals surface area contributed by atoms with Crippen molar-refractivity contribution >= 4 is 11.9 Å². The minimum atomic E-state index is -0.836. The van der Waals surface area contributed by atoms with Crippen LogP contribution < -0.4 is 5.32 Å². The van der Waals surface area contributed by atoms with E-state index in [1.54, 1.807) is 30.5 Å². The van der Waals surface area contributed by atoms with Gasteiger partial charge in [0.05, 0.1) is 13.3 Å². The molecular formula is C13H14N4O3. The second-order valence-electron chi connectivity index (χ2n) is 4.04. The number of benzene rings is 1. The highest BCUT2D eigenvalue weighted by Crippen LogP contribution is 2.14. The van der Waals surface area contributed by atoms with Crippen LogP contribution >= 0.6 is 0 Å². The zero-order valence-electron chi connectivity index (χ0n) is 10.9. The third kappa shape index (κ3) is 3.41. The average Bonchev–Trinajstić information content (AvgIpc) is 2.97. The van der Waals surface area contributed by atoms with Crippen LogP contribution in [-0.2, 0) is 20.9 Å². The topological polar surface area (TPSA) is 86.1 Å². The summed E-state index contributed by atoms with van der Waals surface area (Å²) in [4.78, 5) is 23.7. The van der Waals surface area contributed by atoms with E-state index in [4.69, 9.17) is 4.74 Å². The van der Waals surface area contributed by atoms with E-state index in [0.717, 1.165) is 0 Å². The van der Waals surface area contributed by atoms with Crippen molar-refractivity contribution in [2.24, 2.45) is 0 Å². The molecule has 0 aliphatic heterocycles. The van der Waals surface area contributed by atoms with Crippen LogP contribution in [0.15, 0.2) is 42.7 Å². The van der Waals surface area contributed by atoms with Crippen LogP contribution in [0.3, 0.4) is 0 Å². The molecule has 0 spiro atoms. The van der Waals surface area contributed by atoms with Gasteiger partial charge in [0.25, 0.3) is 0 Å². The first-order chi connectivity index (χ1) is 9.70. The lowest BCUT2D eigenvalue weighted by Crippen LogP contribution is -2.36. The Kier molecular flexibility index (Phi) is 4.43. The van der Waals surface area contributed by atoms with Crippen LogP contribution in [0.1, 0.15) is 11.6 Å². The van der Waals surface area contributed by atoms with E-state index in [2.05, 4.69) is 15.6 Å². The van der Waals surface area contributed by atoms with Crippen molar-refractivity contribution in [2.45, 2.75) is 12.6 Å². The van der Waals surface area contributed by atoms with Crippen LogP contribution in [-0.4, -0.2) is 34.0 Å². The van der Waals surface area contributed by atoms with E-state index < -0.39 is 12.0 Å². The molecule has 1 unspecified atom stereocenters. The second kappa shape index (κ2) is 6.46. The smallest absolute Gasteiger partial charge is 0.333 e. The molecule has 1 aromatic carbocycles. The Morgan fingerprint density at radius 1 is 1.35 bits per heavy atom. The number of rotatable bonds is 5. The van der Waals surface area contributed by atoms with Crippen LogP contribution in [0.5, 0.6) is 0 Å². The van der Waals surface area contributed by atoms with E-state index >= 15 is 0 Å². The number of methoxy groups -OCH3 is 1. The normalized spacial score (nSPS) is 11.7. The predicted octanol–water partition coefficient (Wildman–Crippen LogP) is 0.309. The molecule has 0 aliphatic carbocycles. The number of hydrogen-bond donors (Lipinski definition) is 1. The molecule has 0 aliphatic rings. The van der Waals surface area contributed by atoms with Crippen LogP contribution in [0.4, 0.5) is 0 Å². The van der Waals surface area contributed by atoms with Crippen molar-refractivity contribution in [3.05, 3.63) is 48.3 Å². The third-order valence-corrected chi connectivity index (χ3v) is 2.65. The van der Waals surface area contributed by atoms with E-state index in [0.29, 0.717) is 5.56 Å². The molecule has 2 rings (SSSR count). The van der Waals surface area contributed by atoms with E-state index in [1.165, 1.54) is 18.0 Å². The van der Waals surface area contributed by atoms with E-state index in [9.17, 15) is 9.59 Å². The molecule has 1 N–H and O–H groups in total. The van der Waals surface area contributed by atoms with Gasteiger partial charge in [-0.15, -0.1) is 5.10 Å². The zero-order valence-corrected chi connectivity index (χ0v) is 10.9. The van der Waals surface area contributed by atoms with Crippen molar-refractivity contribution in [1.82, 2.24) is 20.3 Å². The highest BCUT2D eigenvalue weighted by Gasteiger charge is 2.23. The summed E-state index contributed by atoms with van der Waals surface area (Å²) in [6.07, 6.45) is 3.04. The van der Waals surface area contributed by atoms with E-state index in [-0.39, 0.29) is 12.5 Å². The molecule has 7 heteroatoms. The summed E-state index contributed by atoms with van der Waals surface area (Å²) in [6, 6.07) is 8.06. The lowest BCUT2D eigenvalue weighted by molar-refractivity contribution is -0.145. The van der Waals surface area contributed by atoms with Crippen LogP contribution in [0, 0.1) is 0 Å². The Hall–Kier alpha value is -2.70. The molecule has 0 radical (unpaired) electrons. The third-order valence-electron chi connectivity index (χ3n) is 2.65. The Bertz CT molecular complexity index is 569. The minimum Gasteiger partial charge on any atom is -0.467 e. The largest absolute Gasteiger partial charge is 0.467 e. The number of nitrogens with zero attached hydrogens (tertiary/aromatic N) is 3. The first kappa shape index (κ1) is 13.7. The summed E-state index contributed by atoms with van der Waals surface area (Å²) in [7, 11) is 1.28. The first-order valence-electron chi connectivity index (χ1n) is 5.97. The van der Waals surface area contributed by atoms with Gasteiger partial charge in [0.2, 0.25) is 5.91 Å². The van der Waals surface area contributed by atoms with Crippen molar-refractivity contribution in [3.63, 3.8) is 0 Å². The Balaban J connectivity index is 2.08. The van der Waals surface area contributed by atoms with Gasteiger partial charge in [0, 0.05) is 6.20 Å². The number of esters is 1. The molecule has 20 heavy (non-hydrogen) atoms. The van der Waals surface area contributed by atoms with Crippen LogP contribution in [0.2, 0.25) is 0 Å². The summed E-state index contributed by atoms with van der Waals surface area (Å²) in [5.41, 5.74) is 0.659. The molecule has 1 aromatic heterocycles. The van der Waals surface area contributed by atoms with Crippen LogP contribution in [0.25, 0.3) is 0 Å². The van der Waals surface area contributed by atoms with Crippen molar-refractivity contribution in [1.29, 1.82) is 0 Å². The number of amides is 1. The summed E-state index contributed by atoms with van der Waals surface area (Å²) in [5, 5.41) is 9.92. The highest BCUT2D eigenvalue weighted by atomic mass is 16.5. The zero-order chi connectivity index (χ0) is 14.4. The van der Waals surface area contributed by atoms with Gasteiger partial charge in [-0.2, -0.15) is 0 Å². The van der Waals surface area contributed by atoms with Crippen molar-refractivity contribution in [3.8, 4) is 0 Å². The van der Waals surface area contributed by atoms with Gasteiger partial charge in [0.1, 0.15) is 6.54 Å². The standard InChI is InChI=1S/C13H14N4O3/c1-20-13(19)12(10-5-3-2-4-6-10)15-11(18)9-17-8-7-14-16-17/h2-8,12H,9H2,1H3,(H,15,18). The molecule has 1 heterocycles. The maximum atomic E-state index is 11.9. The monoisotopic (exact) mass is 274 g/mol. The number of nitrogens with one attached hydrogen (secondary N) is 1. The van der Waals surface area contributed by atoms with Gasteiger partial charge in [-0.1, -0.05) is 35.5 Å². The molecule has 0 saturated heterocycles. The number of hydrogen-bond acceptors (Lipinski definition) is 5. The molecule has 0 bridgehead atoms. The van der Waals surface area contributed by atoms with Gasteiger partial charge < -0.3 is 10.1 Å². The number of carbonyl (C=O) groups excluding carboxylic acids is 2. The van der Waals surface area contributed by atoms with Gasteiger partial charge in [-0.05, 0) is 5.56 Å². The second-order valence-corrected chi connectivity index (χ2v) is 4.04. The number of aromatic nitrogens is 3. The minimum absolute atomic E-state index is 0.0136. The number of carbonyl (C=O) groups is 2. The maximum Gasteiger partial charge on any atom is 0.333 e. The molecule has 1 amide bonds. The summed E-state index contributed by atoms with van der Waals surface area (Å²) >= 11 is 0. The molecule has 7 nitrogen and oxygen atoms in total. The Morgan fingerprint density at radius 2 is 2.10 bits per heavy atom. The Labute approximate surface area is 115 Å². The molecule has 1 atom stereocenters. The van der Waals surface area contributed by atoms with Crippen molar-refractivity contribution in [2.75, 3.05) is 7.11 Å². The summed E-state index contributed by atoms with van der Waals surface area (Å²) < 4.78 is 6.08. The van der Waals surface area contributed by atoms with E-state index in [1.807, 2.05) is 6.07 Å². The lowest BCUT2D eigenvalue weighted by atomic mass is 10.1. The molecule has 0 saturated carbocycles. The fourth-order valence-electron chi connectivity index (χ4n) is 1.71. The van der Waals surface area contributed by atoms with Crippen molar-refractivity contribution < 1.29 is 14.3 Å². The lowest BCUT2D eigenvalue weighted by Gasteiger charge is -2.16. The number of ether oxygens (including phenoxy) is 1. The SMILES string of the molecule is COC(=O)C(NC(=O)Cn1ccnn1)c1ccccc1. The first-order valence-corrected chi connectivity index (χ1v) is 5.97. The fourth-order valence-corrected chi connectivity index (χ4v) is 1.71. The predicted molar refractivity (Wildman–Crippen MR) is 69.4 cm³/mol. The fraction of sp³-hybridized carbons (Fsp3) is 0.231.